The summed E-state index contributed by atoms with van der Waals surface area (Å²) in [6, 6.07) is 8.27. The Morgan fingerprint density at radius 2 is 1.92 bits per heavy atom. The fraction of sp³-hybridized carbons (Fsp3) is 0.500. The summed E-state index contributed by atoms with van der Waals surface area (Å²) in [5, 5.41) is 11.8. The maximum absolute atomic E-state index is 12.4. The highest BCUT2D eigenvalue weighted by molar-refractivity contribution is 8.00. The molecule has 2 aromatic rings. The van der Waals surface area contributed by atoms with Gasteiger partial charge in [0.1, 0.15) is 0 Å². The monoisotopic (exact) mass is 359 g/mol. The van der Waals surface area contributed by atoms with Crippen LogP contribution in [-0.2, 0) is 4.79 Å². The highest BCUT2D eigenvalue weighted by Gasteiger charge is 2.23. The Morgan fingerprint density at radius 1 is 1.24 bits per heavy atom. The van der Waals surface area contributed by atoms with Gasteiger partial charge in [-0.15, -0.1) is 10.2 Å². The van der Waals surface area contributed by atoms with Gasteiger partial charge in [0.25, 0.3) is 0 Å². The van der Waals surface area contributed by atoms with Crippen molar-refractivity contribution in [2.75, 3.05) is 5.84 Å². The van der Waals surface area contributed by atoms with Gasteiger partial charge < -0.3 is 11.2 Å². The predicted molar refractivity (Wildman–Crippen MR) is 101 cm³/mol. The SMILES string of the molecule is Cc1ccc(-c2nnc(S[C@H](C)C(=O)NC3CCCCC3)n2N)cc1. The lowest BCUT2D eigenvalue weighted by atomic mass is 9.95. The van der Waals surface area contributed by atoms with Crippen molar-refractivity contribution in [2.24, 2.45) is 0 Å². The van der Waals surface area contributed by atoms with E-state index in [0.29, 0.717) is 17.0 Å². The summed E-state index contributed by atoms with van der Waals surface area (Å²) in [4.78, 5) is 12.4. The van der Waals surface area contributed by atoms with Gasteiger partial charge in [0, 0.05) is 11.6 Å². The minimum absolute atomic E-state index is 0.0387. The zero-order valence-corrected chi connectivity index (χ0v) is 15.6. The Hall–Kier alpha value is -2.02. The van der Waals surface area contributed by atoms with Crippen molar-refractivity contribution in [3.63, 3.8) is 0 Å². The van der Waals surface area contributed by atoms with Crippen LogP contribution in [0.25, 0.3) is 11.4 Å². The van der Waals surface area contributed by atoms with Crippen LogP contribution in [0.2, 0.25) is 0 Å². The van der Waals surface area contributed by atoms with Gasteiger partial charge in [0.05, 0.1) is 5.25 Å². The second kappa shape index (κ2) is 7.91. The number of nitrogen functional groups attached to an aromatic ring is 1. The van der Waals surface area contributed by atoms with Crippen LogP contribution in [0.1, 0.15) is 44.6 Å². The van der Waals surface area contributed by atoms with Crippen LogP contribution >= 0.6 is 11.8 Å². The number of amides is 1. The molecular weight excluding hydrogens is 334 g/mol. The van der Waals surface area contributed by atoms with Crippen LogP contribution in [0.5, 0.6) is 0 Å². The van der Waals surface area contributed by atoms with Gasteiger partial charge in [-0.05, 0) is 26.7 Å². The molecule has 25 heavy (non-hydrogen) atoms. The van der Waals surface area contributed by atoms with Gasteiger partial charge in [0.15, 0.2) is 5.82 Å². The largest absolute Gasteiger partial charge is 0.352 e. The highest BCUT2D eigenvalue weighted by atomic mass is 32.2. The molecule has 0 aliphatic heterocycles. The number of nitrogens with zero attached hydrogens (tertiary/aromatic N) is 3. The van der Waals surface area contributed by atoms with E-state index in [9.17, 15) is 4.79 Å². The third kappa shape index (κ3) is 4.34. The number of hydrogen-bond acceptors (Lipinski definition) is 5. The van der Waals surface area contributed by atoms with Crippen molar-refractivity contribution in [3.8, 4) is 11.4 Å². The number of aryl methyl sites for hydroxylation is 1. The van der Waals surface area contributed by atoms with Crippen LogP contribution in [0.4, 0.5) is 0 Å². The lowest BCUT2D eigenvalue weighted by molar-refractivity contribution is -0.121. The molecule has 0 radical (unpaired) electrons. The standard InChI is InChI=1S/C18H25N5OS/c1-12-8-10-14(11-9-12)16-21-22-18(23(16)19)25-13(2)17(24)20-15-6-4-3-5-7-15/h8-11,13,15H,3-7,19H2,1-2H3,(H,20,24)/t13-/m1/s1. The summed E-state index contributed by atoms with van der Waals surface area (Å²) in [5.74, 6) is 6.78. The molecule has 1 atom stereocenters. The number of thioether (sulfide) groups is 1. The Kier molecular flexibility index (Phi) is 5.63. The predicted octanol–water partition coefficient (Wildman–Crippen LogP) is 2.90. The number of nitrogens with two attached hydrogens (primary N) is 1. The second-order valence-corrected chi connectivity index (χ2v) is 7.95. The van der Waals surface area contributed by atoms with Gasteiger partial charge in [-0.25, -0.2) is 4.68 Å². The Morgan fingerprint density at radius 3 is 2.60 bits per heavy atom. The topological polar surface area (TPSA) is 85.8 Å². The molecule has 7 heteroatoms. The van der Waals surface area contributed by atoms with Gasteiger partial charge in [-0.2, -0.15) is 0 Å². The number of carbonyl (C=O) groups is 1. The summed E-state index contributed by atoms with van der Waals surface area (Å²) in [6.45, 7) is 3.91. The fourth-order valence-corrected chi connectivity index (χ4v) is 3.81. The van der Waals surface area contributed by atoms with Crippen LogP contribution in [-0.4, -0.2) is 32.1 Å². The van der Waals surface area contributed by atoms with Gasteiger partial charge >= 0.3 is 0 Å². The van der Waals surface area contributed by atoms with Crippen molar-refractivity contribution in [3.05, 3.63) is 29.8 Å². The number of nitrogens with one attached hydrogen (secondary N) is 1. The van der Waals surface area contributed by atoms with E-state index in [1.165, 1.54) is 41.3 Å². The van der Waals surface area contributed by atoms with Crippen LogP contribution < -0.4 is 11.2 Å². The Bertz CT molecular complexity index is 722. The lowest BCUT2D eigenvalue weighted by Crippen LogP contribution is -2.40. The first kappa shape index (κ1) is 17.8. The summed E-state index contributed by atoms with van der Waals surface area (Å²) in [6.07, 6.45) is 5.82. The van der Waals surface area contributed by atoms with Gasteiger partial charge in [-0.1, -0.05) is 60.9 Å². The maximum Gasteiger partial charge on any atom is 0.233 e. The maximum atomic E-state index is 12.4. The molecule has 0 saturated heterocycles. The second-order valence-electron chi connectivity index (χ2n) is 6.65. The third-order valence-electron chi connectivity index (χ3n) is 4.58. The molecular formula is C18H25N5OS. The van der Waals surface area contributed by atoms with E-state index in [4.69, 9.17) is 5.84 Å². The first-order valence-electron chi connectivity index (χ1n) is 8.79. The van der Waals surface area contributed by atoms with Crippen molar-refractivity contribution in [1.82, 2.24) is 20.2 Å². The molecule has 6 nitrogen and oxygen atoms in total. The van der Waals surface area contributed by atoms with E-state index >= 15 is 0 Å². The van der Waals surface area contributed by atoms with Crippen LogP contribution in [0.15, 0.2) is 29.4 Å². The molecule has 3 N–H and O–H groups in total. The molecule has 0 bridgehead atoms. The van der Waals surface area contributed by atoms with Crippen molar-refractivity contribution in [1.29, 1.82) is 0 Å². The van der Waals surface area contributed by atoms with Crippen molar-refractivity contribution >= 4 is 17.7 Å². The molecule has 1 amide bonds. The lowest BCUT2D eigenvalue weighted by Gasteiger charge is -2.24. The average Bonchev–Trinajstić information content (AvgIpc) is 2.97. The number of rotatable bonds is 5. The summed E-state index contributed by atoms with van der Waals surface area (Å²) in [5.41, 5.74) is 2.08. The molecule has 1 heterocycles. The number of hydrogen-bond donors (Lipinski definition) is 2. The summed E-state index contributed by atoms with van der Waals surface area (Å²) in [7, 11) is 0. The molecule has 1 saturated carbocycles. The smallest absolute Gasteiger partial charge is 0.233 e. The highest BCUT2D eigenvalue weighted by Crippen LogP contribution is 2.25. The van der Waals surface area contributed by atoms with Crippen LogP contribution in [0.3, 0.4) is 0 Å². The fourth-order valence-electron chi connectivity index (χ4n) is 3.03. The molecule has 0 unspecified atom stereocenters. The van der Waals surface area contributed by atoms with Crippen LogP contribution in [0, 0.1) is 6.92 Å². The van der Waals surface area contributed by atoms with E-state index < -0.39 is 0 Å². The normalized spacial score (nSPS) is 16.6. The molecule has 1 aromatic carbocycles. The average molecular weight is 359 g/mol. The third-order valence-corrected chi connectivity index (χ3v) is 5.63. The zero-order chi connectivity index (χ0) is 17.8. The number of carbonyl (C=O) groups excluding carboxylic acids is 1. The van der Waals surface area contributed by atoms with E-state index in [0.717, 1.165) is 18.4 Å². The minimum atomic E-state index is -0.265. The summed E-state index contributed by atoms with van der Waals surface area (Å²) >= 11 is 1.34. The van der Waals surface area contributed by atoms with E-state index in [2.05, 4.69) is 15.5 Å². The minimum Gasteiger partial charge on any atom is -0.352 e. The molecule has 1 fully saturated rings. The van der Waals surface area contributed by atoms with Gasteiger partial charge in [0.2, 0.25) is 11.1 Å². The molecule has 0 spiro atoms. The molecule has 3 rings (SSSR count). The van der Waals surface area contributed by atoms with Crippen molar-refractivity contribution in [2.45, 2.75) is 62.4 Å². The van der Waals surface area contributed by atoms with Gasteiger partial charge in [-0.3, -0.25) is 4.79 Å². The van der Waals surface area contributed by atoms with E-state index in [1.54, 1.807) is 0 Å². The quantitative estimate of drug-likeness (QED) is 0.633. The number of benzene rings is 1. The molecule has 1 aliphatic rings. The molecule has 134 valence electrons. The zero-order valence-electron chi connectivity index (χ0n) is 14.7. The van der Waals surface area contributed by atoms with Crippen molar-refractivity contribution < 1.29 is 4.79 Å². The Balaban J connectivity index is 1.64. The first-order valence-corrected chi connectivity index (χ1v) is 9.67. The summed E-state index contributed by atoms with van der Waals surface area (Å²) < 4.78 is 1.46. The van der Waals surface area contributed by atoms with E-state index in [1.807, 2.05) is 38.1 Å². The Labute approximate surface area is 152 Å². The molecule has 1 aromatic heterocycles. The number of aromatic nitrogens is 3. The molecule has 1 aliphatic carbocycles. The van der Waals surface area contributed by atoms with E-state index in [-0.39, 0.29) is 11.2 Å². The first-order chi connectivity index (χ1) is 12.0.